The smallest absolute Gasteiger partial charge is 0.241 e. The van der Waals surface area contributed by atoms with Crippen molar-refractivity contribution in [2.75, 3.05) is 0 Å². The lowest BCUT2D eigenvalue weighted by Gasteiger charge is -2.25. The van der Waals surface area contributed by atoms with E-state index >= 15 is 0 Å². The van der Waals surface area contributed by atoms with E-state index < -0.39 is 10.0 Å². The van der Waals surface area contributed by atoms with Crippen molar-refractivity contribution in [1.82, 2.24) is 14.5 Å². The van der Waals surface area contributed by atoms with Gasteiger partial charge in [0.15, 0.2) is 0 Å². The van der Waals surface area contributed by atoms with Gasteiger partial charge in [-0.25, -0.2) is 13.1 Å². The van der Waals surface area contributed by atoms with E-state index in [1.807, 2.05) is 44.5 Å². The van der Waals surface area contributed by atoms with E-state index in [0.29, 0.717) is 11.3 Å². The van der Waals surface area contributed by atoms with Gasteiger partial charge in [0.25, 0.3) is 0 Å². The van der Waals surface area contributed by atoms with E-state index in [1.54, 1.807) is 6.20 Å². The van der Waals surface area contributed by atoms with Crippen molar-refractivity contribution in [1.29, 1.82) is 0 Å². The zero-order valence-electron chi connectivity index (χ0n) is 14.0. The molecule has 124 valence electrons. The molecule has 1 aliphatic heterocycles. The van der Waals surface area contributed by atoms with Crippen LogP contribution < -0.4 is 4.72 Å². The molecule has 1 aromatic carbocycles. The van der Waals surface area contributed by atoms with Crippen molar-refractivity contribution < 1.29 is 8.42 Å². The van der Waals surface area contributed by atoms with Crippen molar-refractivity contribution in [3.05, 3.63) is 46.3 Å². The number of nitrogens with zero attached hydrogens (tertiary/aromatic N) is 2. The molecular weight excluding hydrogens is 310 g/mol. The van der Waals surface area contributed by atoms with Gasteiger partial charge in [0.2, 0.25) is 10.0 Å². The minimum atomic E-state index is -3.53. The zero-order valence-corrected chi connectivity index (χ0v) is 14.9. The summed E-state index contributed by atoms with van der Waals surface area (Å²) in [5.74, 6) is 0. The first kappa shape index (κ1) is 16.2. The average molecular weight is 333 g/mol. The van der Waals surface area contributed by atoms with E-state index in [4.69, 9.17) is 0 Å². The molecule has 6 heteroatoms. The number of fused-ring (bicyclic) bond motifs is 1. The Kier molecular flexibility index (Phi) is 4.06. The molecular formula is C17H23N3O2S. The van der Waals surface area contributed by atoms with Gasteiger partial charge in [0.05, 0.1) is 4.90 Å². The van der Waals surface area contributed by atoms with Crippen molar-refractivity contribution >= 4 is 10.0 Å². The summed E-state index contributed by atoms with van der Waals surface area (Å²) in [4.78, 5) is 0.439. The number of rotatable bonds is 3. The summed E-state index contributed by atoms with van der Waals surface area (Å²) in [5, 5.41) is 4.24. The van der Waals surface area contributed by atoms with Crippen LogP contribution in [0.3, 0.4) is 0 Å². The Balaban J connectivity index is 1.92. The number of hydrogen-bond acceptors (Lipinski definition) is 3. The van der Waals surface area contributed by atoms with E-state index in [1.165, 1.54) is 0 Å². The summed E-state index contributed by atoms with van der Waals surface area (Å²) < 4.78 is 30.8. The van der Waals surface area contributed by atoms with Gasteiger partial charge < -0.3 is 0 Å². The Hall–Kier alpha value is -1.66. The minimum absolute atomic E-state index is 0.0798. The molecule has 0 saturated heterocycles. The summed E-state index contributed by atoms with van der Waals surface area (Å²) in [6.07, 6.45) is 3.21. The van der Waals surface area contributed by atoms with Crippen molar-refractivity contribution in [3.8, 4) is 0 Å². The largest absolute Gasteiger partial charge is 0.269 e. The zero-order chi connectivity index (χ0) is 16.8. The maximum Gasteiger partial charge on any atom is 0.241 e. The first-order valence-corrected chi connectivity index (χ1v) is 9.38. The van der Waals surface area contributed by atoms with Gasteiger partial charge in [-0.05, 0) is 62.4 Å². The second-order valence-electron chi connectivity index (χ2n) is 6.45. The molecule has 0 saturated carbocycles. The Morgan fingerprint density at radius 3 is 2.48 bits per heavy atom. The van der Waals surface area contributed by atoms with E-state index in [-0.39, 0.29) is 6.04 Å². The monoisotopic (exact) mass is 333 g/mol. The average Bonchev–Trinajstić information content (AvgIpc) is 2.92. The third-order valence-corrected chi connectivity index (χ3v) is 6.63. The molecule has 0 aliphatic carbocycles. The molecule has 23 heavy (non-hydrogen) atoms. The number of aromatic nitrogens is 2. The first-order valence-electron chi connectivity index (χ1n) is 7.90. The predicted molar refractivity (Wildman–Crippen MR) is 90.0 cm³/mol. The molecule has 5 nitrogen and oxygen atoms in total. The van der Waals surface area contributed by atoms with Crippen LogP contribution in [0.5, 0.6) is 0 Å². The number of nitrogens with one attached hydrogen (secondary N) is 1. The van der Waals surface area contributed by atoms with Crippen LogP contribution >= 0.6 is 0 Å². The first-order chi connectivity index (χ1) is 10.8. The van der Waals surface area contributed by atoms with Crippen LogP contribution in [0.15, 0.2) is 23.2 Å². The molecule has 0 fully saturated rings. The van der Waals surface area contributed by atoms with Gasteiger partial charge in [0.1, 0.15) is 0 Å². The fourth-order valence-electron chi connectivity index (χ4n) is 3.33. The van der Waals surface area contributed by atoms with Gasteiger partial charge in [-0.1, -0.05) is 6.07 Å². The third kappa shape index (κ3) is 2.93. The van der Waals surface area contributed by atoms with Crippen LogP contribution in [0, 0.1) is 27.7 Å². The molecule has 0 spiro atoms. The molecule has 1 atom stereocenters. The Bertz CT molecular complexity index is 827. The Morgan fingerprint density at radius 2 is 1.83 bits per heavy atom. The lowest BCUT2D eigenvalue weighted by Crippen LogP contribution is -2.40. The molecule has 2 aromatic rings. The number of sulfonamides is 1. The number of aryl methyl sites for hydroxylation is 3. The van der Waals surface area contributed by atoms with Crippen molar-refractivity contribution in [2.24, 2.45) is 0 Å². The molecule has 0 amide bonds. The highest BCUT2D eigenvalue weighted by Gasteiger charge is 2.27. The highest BCUT2D eigenvalue weighted by Crippen LogP contribution is 2.27. The Labute approximate surface area is 137 Å². The maximum absolute atomic E-state index is 13.0. The van der Waals surface area contributed by atoms with Crippen molar-refractivity contribution in [2.45, 2.75) is 58.0 Å². The summed E-state index contributed by atoms with van der Waals surface area (Å²) in [5.41, 5.74) is 4.77. The molecule has 1 N–H and O–H groups in total. The standard InChI is InChI=1S/C17H23N3O2S/c1-11-9-12(2)14(4)17(13(11)3)23(21,22)19-15-6-8-20-16(10-15)5-7-18-20/h5,7,9,15,19H,6,8,10H2,1-4H3/t15-/m1/s1. The SMILES string of the molecule is Cc1cc(C)c(C)c(S(=O)(=O)N[C@@H]2CCn3nccc3C2)c1C. The van der Waals surface area contributed by atoms with E-state index in [2.05, 4.69) is 9.82 Å². The second kappa shape index (κ2) is 5.76. The van der Waals surface area contributed by atoms with Gasteiger partial charge >= 0.3 is 0 Å². The van der Waals surface area contributed by atoms with Crippen LogP contribution in [0.4, 0.5) is 0 Å². The molecule has 3 rings (SSSR count). The van der Waals surface area contributed by atoms with Gasteiger partial charge in [0, 0.05) is 30.9 Å². The highest BCUT2D eigenvalue weighted by atomic mass is 32.2. The summed E-state index contributed by atoms with van der Waals surface area (Å²) in [6.45, 7) is 8.43. The molecule has 1 aromatic heterocycles. The van der Waals surface area contributed by atoms with Crippen LogP contribution in [-0.4, -0.2) is 24.2 Å². The molecule has 2 heterocycles. The van der Waals surface area contributed by atoms with Gasteiger partial charge in [-0.15, -0.1) is 0 Å². The van der Waals surface area contributed by atoms with Gasteiger partial charge in [-0.2, -0.15) is 5.10 Å². The van der Waals surface area contributed by atoms with Crippen LogP contribution in [0.1, 0.15) is 34.4 Å². The van der Waals surface area contributed by atoms with E-state index in [0.717, 1.165) is 40.9 Å². The number of hydrogen-bond donors (Lipinski definition) is 1. The summed E-state index contributed by atoms with van der Waals surface area (Å²) in [7, 11) is -3.53. The quantitative estimate of drug-likeness (QED) is 0.938. The lowest BCUT2D eigenvalue weighted by atomic mass is 10.0. The number of benzene rings is 1. The van der Waals surface area contributed by atoms with Crippen LogP contribution in [-0.2, 0) is 23.0 Å². The fourth-order valence-corrected chi connectivity index (χ4v) is 5.22. The molecule has 0 unspecified atom stereocenters. The predicted octanol–water partition coefficient (Wildman–Crippen LogP) is 2.41. The van der Waals surface area contributed by atoms with Crippen LogP contribution in [0.2, 0.25) is 0 Å². The van der Waals surface area contributed by atoms with Crippen LogP contribution in [0.25, 0.3) is 0 Å². The summed E-state index contributed by atoms with van der Waals surface area (Å²) in [6, 6.07) is 3.92. The van der Waals surface area contributed by atoms with Crippen molar-refractivity contribution in [3.63, 3.8) is 0 Å². The van der Waals surface area contributed by atoms with E-state index in [9.17, 15) is 8.42 Å². The van der Waals surface area contributed by atoms with Gasteiger partial charge in [-0.3, -0.25) is 4.68 Å². The molecule has 0 bridgehead atoms. The minimum Gasteiger partial charge on any atom is -0.269 e. The Morgan fingerprint density at radius 1 is 1.17 bits per heavy atom. The second-order valence-corrected chi connectivity index (χ2v) is 8.10. The topological polar surface area (TPSA) is 64.0 Å². The fraction of sp³-hybridized carbons (Fsp3) is 0.471. The maximum atomic E-state index is 13.0. The lowest BCUT2D eigenvalue weighted by molar-refractivity contribution is 0.414. The normalized spacial score (nSPS) is 18.0. The molecule has 0 radical (unpaired) electrons. The summed E-state index contributed by atoms with van der Waals surface area (Å²) >= 11 is 0. The highest BCUT2D eigenvalue weighted by molar-refractivity contribution is 7.89. The molecule has 1 aliphatic rings. The third-order valence-electron chi connectivity index (χ3n) is 4.84.